The van der Waals surface area contributed by atoms with E-state index in [1.807, 2.05) is 0 Å². The van der Waals surface area contributed by atoms with Gasteiger partial charge in [-0.25, -0.2) is 0 Å². The smallest absolute Gasteiger partial charge is 0.249 e. The summed E-state index contributed by atoms with van der Waals surface area (Å²) in [6.45, 7) is 2.65. The highest BCUT2D eigenvalue weighted by molar-refractivity contribution is 6.36. The number of Topliss-reactive ketones (excluding diaryl/α,β-unsaturated/α-hetero) is 1. The lowest BCUT2D eigenvalue weighted by molar-refractivity contribution is -0.165. The van der Waals surface area contributed by atoms with Crippen LogP contribution in [0.15, 0.2) is 22.3 Å². The zero-order chi connectivity index (χ0) is 23.9. The van der Waals surface area contributed by atoms with Crippen molar-refractivity contribution in [3.63, 3.8) is 0 Å². The van der Waals surface area contributed by atoms with Crippen LogP contribution in [0.5, 0.6) is 11.5 Å². The number of hydrogen-bond acceptors (Lipinski definition) is 10. The highest BCUT2D eigenvalue weighted by Gasteiger charge is 2.55. The monoisotopic (exact) mass is 490 g/mol. The first-order chi connectivity index (χ1) is 16.4. The number of fused-ring (bicyclic) bond motifs is 1. The van der Waals surface area contributed by atoms with Gasteiger partial charge in [-0.3, -0.25) is 9.59 Å². The van der Waals surface area contributed by atoms with Gasteiger partial charge in [-0.1, -0.05) is 11.6 Å². The van der Waals surface area contributed by atoms with Gasteiger partial charge in [0.2, 0.25) is 23.2 Å². The second-order valence-electron chi connectivity index (χ2n) is 8.34. The van der Waals surface area contributed by atoms with Crippen molar-refractivity contribution in [2.24, 2.45) is 0 Å². The summed E-state index contributed by atoms with van der Waals surface area (Å²) in [6.07, 6.45) is 3.63. The minimum atomic E-state index is -1.73. The minimum Gasteiger partial charge on any atom is -0.507 e. The molecule has 2 aliphatic heterocycles. The van der Waals surface area contributed by atoms with Gasteiger partial charge < -0.3 is 28.5 Å². The molecule has 11 heteroatoms. The van der Waals surface area contributed by atoms with Crippen molar-refractivity contribution >= 4 is 23.2 Å². The van der Waals surface area contributed by atoms with Crippen molar-refractivity contribution in [3.8, 4) is 23.0 Å². The number of benzene rings is 1. The van der Waals surface area contributed by atoms with Crippen molar-refractivity contribution in [3.05, 3.63) is 34.4 Å². The first-order valence-corrected chi connectivity index (χ1v) is 11.5. The van der Waals surface area contributed by atoms with Crippen molar-refractivity contribution in [1.82, 2.24) is 10.2 Å². The maximum atomic E-state index is 13.5. The molecule has 3 aliphatic rings. The Labute approximate surface area is 199 Å². The molecule has 1 aromatic carbocycles. The standard InChI is InChI=1S/C23H23ClN2O8/c1-12-25-26-22(33-12)14-11-15(30-8-9-32-17-4-2-3-7-31-17)18-20(19(14)24)34-23(21(18)29)6-5-13(27)10-16(23)28/h10-11,17,28H,2-9H2,1H3/t17?,23-/m0/s1. The molecule has 34 heavy (non-hydrogen) atoms. The molecule has 180 valence electrons. The Morgan fingerprint density at radius 2 is 2.12 bits per heavy atom. The molecule has 1 fully saturated rings. The lowest BCUT2D eigenvalue weighted by Crippen LogP contribution is -2.45. The number of ether oxygens (including phenoxy) is 4. The third-order valence-corrected chi connectivity index (χ3v) is 6.40. The van der Waals surface area contributed by atoms with Crippen LogP contribution in [-0.4, -0.2) is 58.6 Å². The van der Waals surface area contributed by atoms with Gasteiger partial charge in [0.1, 0.15) is 23.7 Å². The van der Waals surface area contributed by atoms with Gasteiger partial charge in [-0.05, 0) is 25.3 Å². The fourth-order valence-corrected chi connectivity index (χ4v) is 4.56. The van der Waals surface area contributed by atoms with E-state index in [1.54, 1.807) is 6.92 Å². The van der Waals surface area contributed by atoms with Crippen LogP contribution >= 0.6 is 11.6 Å². The van der Waals surface area contributed by atoms with E-state index in [-0.39, 0.29) is 66.1 Å². The summed E-state index contributed by atoms with van der Waals surface area (Å²) in [4.78, 5) is 25.3. The number of aliphatic hydroxyl groups excluding tert-OH is 1. The Balaban J connectivity index is 1.47. The van der Waals surface area contributed by atoms with Crippen molar-refractivity contribution in [2.75, 3.05) is 19.8 Å². The molecule has 1 aliphatic carbocycles. The highest BCUT2D eigenvalue weighted by atomic mass is 35.5. The molecule has 1 unspecified atom stereocenters. The number of carbonyl (C=O) groups excluding carboxylic acids is 2. The summed E-state index contributed by atoms with van der Waals surface area (Å²) in [6, 6.07) is 1.53. The predicted molar refractivity (Wildman–Crippen MR) is 117 cm³/mol. The molecular formula is C23H23ClN2O8. The molecule has 0 radical (unpaired) electrons. The maximum absolute atomic E-state index is 13.5. The number of aliphatic hydroxyl groups is 1. The quantitative estimate of drug-likeness (QED) is 0.597. The SMILES string of the molecule is Cc1nnc(-c2cc(OCCOC3CCCCO3)c3c(c2Cl)O[C@]2(CCC(=O)C=C2O)C3=O)o1. The van der Waals surface area contributed by atoms with E-state index in [0.717, 1.165) is 25.3 Å². The van der Waals surface area contributed by atoms with Crippen LogP contribution in [0.2, 0.25) is 5.02 Å². The van der Waals surface area contributed by atoms with Crippen LogP contribution in [0.1, 0.15) is 48.4 Å². The van der Waals surface area contributed by atoms with Gasteiger partial charge in [0.05, 0.1) is 17.2 Å². The number of nitrogens with zero attached hydrogens (tertiary/aromatic N) is 2. The van der Waals surface area contributed by atoms with E-state index in [1.165, 1.54) is 6.07 Å². The van der Waals surface area contributed by atoms with E-state index >= 15 is 0 Å². The fraction of sp³-hybridized carbons (Fsp3) is 0.478. The second kappa shape index (κ2) is 9.01. The van der Waals surface area contributed by atoms with E-state index in [2.05, 4.69) is 10.2 Å². The van der Waals surface area contributed by atoms with E-state index in [9.17, 15) is 14.7 Å². The molecule has 1 saturated heterocycles. The number of aryl methyl sites for hydroxylation is 1. The van der Waals surface area contributed by atoms with Gasteiger partial charge >= 0.3 is 0 Å². The lowest BCUT2D eigenvalue weighted by Gasteiger charge is -2.28. The zero-order valence-electron chi connectivity index (χ0n) is 18.5. The minimum absolute atomic E-state index is 0.0193. The molecule has 0 amide bonds. The lowest BCUT2D eigenvalue weighted by atomic mass is 9.83. The molecule has 1 aromatic heterocycles. The van der Waals surface area contributed by atoms with Crippen molar-refractivity contribution in [2.45, 2.75) is 50.9 Å². The summed E-state index contributed by atoms with van der Waals surface area (Å²) >= 11 is 6.61. The van der Waals surface area contributed by atoms with Gasteiger partial charge in [0.15, 0.2) is 17.8 Å². The normalized spacial score (nSPS) is 24.2. The van der Waals surface area contributed by atoms with Crippen molar-refractivity contribution in [1.29, 1.82) is 0 Å². The van der Waals surface area contributed by atoms with Crippen LogP contribution in [0.4, 0.5) is 0 Å². The van der Waals surface area contributed by atoms with Crippen molar-refractivity contribution < 1.29 is 38.1 Å². The summed E-state index contributed by atoms with van der Waals surface area (Å²) < 4.78 is 28.7. The predicted octanol–water partition coefficient (Wildman–Crippen LogP) is 3.74. The Morgan fingerprint density at radius 3 is 2.82 bits per heavy atom. The molecule has 10 nitrogen and oxygen atoms in total. The number of hydrogen-bond donors (Lipinski definition) is 1. The topological polar surface area (TPSA) is 130 Å². The summed E-state index contributed by atoms with van der Waals surface area (Å²) in [5, 5.41) is 18.4. The maximum Gasteiger partial charge on any atom is 0.249 e. The Bertz CT molecular complexity index is 1170. The Morgan fingerprint density at radius 1 is 1.26 bits per heavy atom. The van der Waals surface area contributed by atoms with Crippen LogP contribution in [0.3, 0.4) is 0 Å². The Kier molecular flexibility index (Phi) is 6.05. The summed E-state index contributed by atoms with van der Waals surface area (Å²) in [5.41, 5.74) is -1.34. The molecule has 2 aromatic rings. The van der Waals surface area contributed by atoms with Crippen LogP contribution in [-0.2, 0) is 14.3 Å². The first kappa shape index (κ1) is 22.8. The Hall–Kier alpha value is -2.95. The second-order valence-corrected chi connectivity index (χ2v) is 8.71. The van der Waals surface area contributed by atoms with E-state index in [4.69, 9.17) is 35.0 Å². The van der Waals surface area contributed by atoms with Gasteiger partial charge in [-0.2, -0.15) is 0 Å². The molecular weight excluding hydrogens is 468 g/mol. The molecule has 0 bridgehead atoms. The highest BCUT2D eigenvalue weighted by Crippen LogP contribution is 2.52. The largest absolute Gasteiger partial charge is 0.507 e. The fourth-order valence-electron chi connectivity index (χ4n) is 4.29. The summed E-state index contributed by atoms with van der Waals surface area (Å²) in [7, 11) is 0. The molecule has 0 saturated carbocycles. The molecule has 1 N–H and O–H groups in total. The van der Waals surface area contributed by atoms with Crippen LogP contribution in [0.25, 0.3) is 11.5 Å². The average molecular weight is 491 g/mol. The average Bonchev–Trinajstić information content (AvgIpc) is 3.38. The first-order valence-electron chi connectivity index (χ1n) is 11.1. The third kappa shape index (κ3) is 3.95. The van der Waals surface area contributed by atoms with Gasteiger partial charge in [0.25, 0.3) is 0 Å². The number of halogens is 1. The number of carbonyl (C=O) groups is 2. The molecule has 2 atom stereocenters. The third-order valence-electron chi connectivity index (χ3n) is 6.03. The zero-order valence-corrected chi connectivity index (χ0v) is 19.2. The van der Waals surface area contributed by atoms with E-state index in [0.29, 0.717) is 18.1 Å². The van der Waals surface area contributed by atoms with Crippen LogP contribution < -0.4 is 9.47 Å². The summed E-state index contributed by atoms with van der Waals surface area (Å²) in [5.74, 6) is -0.634. The molecule has 1 spiro atoms. The van der Waals surface area contributed by atoms with E-state index < -0.39 is 17.1 Å². The number of rotatable bonds is 6. The molecule has 5 rings (SSSR count). The van der Waals surface area contributed by atoms with Gasteiger partial charge in [0, 0.05) is 32.4 Å². The number of aromatic nitrogens is 2. The van der Waals surface area contributed by atoms with Crippen LogP contribution in [0, 0.1) is 6.92 Å². The van der Waals surface area contributed by atoms with Gasteiger partial charge in [-0.15, -0.1) is 10.2 Å². The molecule has 3 heterocycles. The number of allylic oxidation sites excluding steroid dienone is 1. The number of ketones is 2.